The van der Waals surface area contributed by atoms with E-state index in [2.05, 4.69) is 5.32 Å². The van der Waals surface area contributed by atoms with Crippen molar-refractivity contribution in [2.45, 2.75) is 76.9 Å². The average Bonchev–Trinajstić information content (AvgIpc) is 2.70. The lowest BCUT2D eigenvalue weighted by molar-refractivity contribution is -0.157. The maximum atomic E-state index is 12.7. The molecule has 0 radical (unpaired) electrons. The van der Waals surface area contributed by atoms with Crippen molar-refractivity contribution in [2.24, 2.45) is 17.8 Å². The van der Waals surface area contributed by atoms with Crippen molar-refractivity contribution < 1.29 is 23.9 Å². The fourth-order valence-electron chi connectivity index (χ4n) is 6.57. The van der Waals surface area contributed by atoms with Gasteiger partial charge in [0.25, 0.3) is 5.91 Å². The van der Waals surface area contributed by atoms with Crippen molar-refractivity contribution >= 4 is 23.7 Å². The van der Waals surface area contributed by atoms with E-state index < -0.39 is 12.1 Å². The van der Waals surface area contributed by atoms with Gasteiger partial charge in [-0.25, -0.2) is 0 Å². The summed E-state index contributed by atoms with van der Waals surface area (Å²) in [6.07, 6.45) is 6.23. The maximum Gasteiger partial charge on any atom is 0.307 e. The lowest BCUT2D eigenvalue weighted by Gasteiger charge is -2.57. The first-order chi connectivity index (χ1) is 14.7. The molecule has 5 fully saturated rings. The van der Waals surface area contributed by atoms with Crippen LogP contribution >= 0.6 is 0 Å². The third kappa shape index (κ3) is 5.04. The minimum atomic E-state index is -0.852. The number of carbonyl (C=O) groups is 4. The Morgan fingerprint density at radius 2 is 1.42 bits per heavy atom. The van der Waals surface area contributed by atoms with Crippen LogP contribution in [-0.4, -0.2) is 71.3 Å². The zero-order valence-corrected chi connectivity index (χ0v) is 18.7. The number of hydrogen-bond donors (Lipinski definition) is 1. The number of hydrogen-bond acceptors (Lipinski definition) is 5. The van der Waals surface area contributed by atoms with Gasteiger partial charge in [0.1, 0.15) is 0 Å². The number of esters is 1. The number of nitrogens with zero attached hydrogens (tertiary/aromatic N) is 2. The zero-order valence-electron chi connectivity index (χ0n) is 18.7. The van der Waals surface area contributed by atoms with Gasteiger partial charge in [-0.05, 0) is 63.2 Å². The maximum absolute atomic E-state index is 12.7. The second-order valence-electron chi connectivity index (χ2n) is 10.2. The quantitative estimate of drug-likeness (QED) is 0.640. The van der Waals surface area contributed by atoms with Gasteiger partial charge in [0.15, 0.2) is 6.10 Å². The Labute approximate surface area is 184 Å². The van der Waals surface area contributed by atoms with Crippen molar-refractivity contribution in [2.75, 3.05) is 26.2 Å². The van der Waals surface area contributed by atoms with Crippen LogP contribution in [0.25, 0.3) is 0 Å². The summed E-state index contributed by atoms with van der Waals surface area (Å²) in [4.78, 5) is 52.1. The molecule has 5 rings (SSSR count). The van der Waals surface area contributed by atoms with Crippen LogP contribution < -0.4 is 5.32 Å². The molecule has 1 saturated heterocycles. The average molecular weight is 434 g/mol. The van der Waals surface area contributed by atoms with Crippen molar-refractivity contribution in [3.05, 3.63) is 0 Å². The predicted octanol–water partition coefficient (Wildman–Crippen LogP) is 1.47. The summed E-state index contributed by atoms with van der Waals surface area (Å²) in [5.41, 5.74) is -0.107. The Kier molecular flexibility index (Phi) is 6.26. The van der Waals surface area contributed by atoms with Crippen LogP contribution in [0.4, 0.5) is 0 Å². The number of nitrogens with one attached hydrogen (secondary N) is 1. The Balaban J connectivity index is 1.19. The van der Waals surface area contributed by atoms with E-state index in [4.69, 9.17) is 4.74 Å². The molecule has 1 atom stereocenters. The summed E-state index contributed by atoms with van der Waals surface area (Å²) in [6, 6.07) is 0. The highest BCUT2D eigenvalue weighted by molar-refractivity contribution is 5.86. The Morgan fingerprint density at radius 1 is 0.903 bits per heavy atom. The number of amides is 3. The van der Waals surface area contributed by atoms with Gasteiger partial charge in [-0.2, -0.15) is 0 Å². The highest BCUT2D eigenvalue weighted by Gasteiger charge is 2.51. The summed E-state index contributed by atoms with van der Waals surface area (Å²) in [5.74, 6) is 1.33. The van der Waals surface area contributed by atoms with Crippen LogP contribution in [0, 0.1) is 17.8 Å². The molecule has 0 aromatic carbocycles. The lowest BCUT2D eigenvalue weighted by atomic mass is 9.53. The Hall–Kier alpha value is -2.12. The minimum Gasteiger partial charge on any atom is -0.453 e. The van der Waals surface area contributed by atoms with Crippen LogP contribution in [-0.2, 0) is 23.9 Å². The number of rotatable bonds is 6. The molecule has 0 aromatic rings. The van der Waals surface area contributed by atoms with E-state index in [1.807, 2.05) is 0 Å². The molecule has 4 aliphatic carbocycles. The van der Waals surface area contributed by atoms with E-state index in [1.165, 1.54) is 26.2 Å². The van der Waals surface area contributed by atoms with Crippen molar-refractivity contribution in [1.29, 1.82) is 0 Å². The van der Waals surface area contributed by atoms with E-state index in [1.54, 1.807) is 16.7 Å². The lowest BCUT2D eigenvalue weighted by Crippen LogP contribution is -2.61. The van der Waals surface area contributed by atoms with Crippen LogP contribution in [0.3, 0.4) is 0 Å². The fraction of sp³-hybridized carbons (Fsp3) is 0.826. The van der Waals surface area contributed by atoms with Gasteiger partial charge < -0.3 is 19.9 Å². The molecule has 1 N–H and O–H groups in total. The van der Waals surface area contributed by atoms with Gasteiger partial charge >= 0.3 is 5.97 Å². The normalized spacial score (nSPS) is 32.5. The van der Waals surface area contributed by atoms with Crippen molar-refractivity contribution in [3.8, 4) is 0 Å². The monoisotopic (exact) mass is 433 g/mol. The van der Waals surface area contributed by atoms with Crippen LogP contribution in [0.2, 0.25) is 0 Å². The molecule has 8 nitrogen and oxygen atoms in total. The molecule has 5 aliphatic rings. The minimum absolute atomic E-state index is 0.0106. The highest BCUT2D eigenvalue weighted by Crippen LogP contribution is 2.55. The molecule has 0 aromatic heterocycles. The Bertz CT molecular complexity index is 708. The molecule has 31 heavy (non-hydrogen) atoms. The topological polar surface area (TPSA) is 96.0 Å². The molecular formula is C23H35N3O5. The van der Waals surface area contributed by atoms with E-state index in [9.17, 15) is 19.2 Å². The summed E-state index contributed by atoms with van der Waals surface area (Å²) in [6.45, 7) is 5.14. The molecule has 172 valence electrons. The van der Waals surface area contributed by atoms with Gasteiger partial charge in [0.05, 0.1) is 6.42 Å². The molecule has 4 saturated carbocycles. The molecular weight excluding hydrogens is 398 g/mol. The smallest absolute Gasteiger partial charge is 0.307 e. The van der Waals surface area contributed by atoms with Crippen LogP contribution in [0.5, 0.6) is 0 Å². The van der Waals surface area contributed by atoms with Gasteiger partial charge in [-0.15, -0.1) is 0 Å². The fourth-order valence-corrected chi connectivity index (χ4v) is 6.57. The first-order valence-corrected chi connectivity index (χ1v) is 11.8. The molecule has 0 unspecified atom stereocenters. The third-order valence-electron chi connectivity index (χ3n) is 7.72. The standard InChI is InChI=1S/C23H35N3O5/c1-15(22(30)24-23-12-17-9-18(13-23)11-19(10-17)14-23)31-21(29)4-3-20(28)26-7-5-25(6-8-26)16(2)27/h15,17-19H,3-14H2,1-2H3,(H,24,30)/t15-,17?,18?,19?,23?/m1/s1. The van der Waals surface area contributed by atoms with E-state index in [0.717, 1.165) is 37.0 Å². The van der Waals surface area contributed by atoms with E-state index in [0.29, 0.717) is 26.2 Å². The first kappa shape index (κ1) is 22.1. The molecule has 1 aliphatic heterocycles. The molecule has 4 bridgehead atoms. The van der Waals surface area contributed by atoms with Crippen molar-refractivity contribution in [1.82, 2.24) is 15.1 Å². The summed E-state index contributed by atoms with van der Waals surface area (Å²) in [5, 5.41) is 3.24. The SMILES string of the molecule is CC(=O)N1CCN(C(=O)CCC(=O)O[C@H](C)C(=O)NC23CC4CC(CC(C4)C2)C3)CC1. The largest absolute Gasteiger partial charge is 0.453 e. The highest BCUT2D eigenvalue weighted by atomic mass is 16.5. The number of ether oxygens (including phenoxy) is 1. The van der Waals surface area contributed by atoms with Gasteiger partial charge in [-0.1, -0.05) is 0 Å². The molecule has 0 spiro atoms. The van der Waals surface area contributed by atoms with Crippen molar-refractivity contribution in [3.63, 3.8) is 0 Å². The van der Waals surface area contributed by atoms with Gasteiger partial charge in [0, 0.05) is 45.1 Å². The predicted molar refractivity (Wildman–Crippen MR) is 113 cm³/mol. The second-order valence-corrected chi connectivity index (χ2v) is 10.2. The Morgan fingerprint density at radius 3 is 1.94 bits per heavy atom. The zero-order chi connectivity index (χ0) is 22.2. The molecule has 3 amide bonds. The van der Waals surface area contributed by atoms with E-state index in [-0.39, 0.29) is 36.1 Å². The number of piperazine rings is 1. The van der Waals surface area contributed by atoms with Crippen LogP contribution in [0.1, 0.15) is 65.2 Å². The summed E-state index contributed by atoms with van der Waals surface area (Å²) < 4.78 is 5.34. The van der Waals surface area contributed by atoms with E-state index >= 15 is 0 Å². The third-order valence-corrected chi connectivity index (χ3v) is 7.72. The first-order valence-electron chi connectivity index (χ1n) is 11.8. The van der Waals surface area contributed by atoms with Gasteiger partial charge in [-0.3, -0.25) is 19.2 Å². The summed E-state index contributed by atoms with van der Waals surface area (Å²) in [7, 11) is 0. The summed E-state index contributed by atoms with van der Waals surface area (Å²) >= 11 is 0. The van der Waals surface area contributed by atoms with Crippen LogP contribution in [0.15, 0.2) is 0 Å². The molecule has 8 heteroatoms. The second kappa shape index (κ2) is 8.79. The van der Waals surface area contributed by atoms with Gasteiger partial charge in [0.2, 0.25) is 11.8 Å². The molecule has 1 heterocycles. The number of carbonyl (C=O) groups excluding carboxylic acids is 4.